The Kier molecular flexibility index (Phi) is 5.33. The number of pyridine rings is 1. The van der Waals surface area contributed by atoms with Crippen LogP contribution < -0.4 is 14.6 Å². The van der Waals surface area contributed by atoms with Gasteiger partial charge in [-0.1, -0.05) is 6.07 Å². The zero-order valence-corrected chi connectivity index (χ0v) is 19.6. The molecule has 4 heterocycles. The zero-order valence-electron chi connectivity index (χ0n) is 18.8. The highest BCUT2D eigenvalue weighted by atomic mass is 32.2. The number of hydrogen-bond acceptors (Lipinski definition) is 6. The quantitative estimate of drug-likeness (QED) is 0.526. The largest absolute Gasteiger partial charge is 0.493 e. The molecule has 0 fully saturated rings. The summed E-state index contributed by atoms with van der Waals surface area (Å²) >= 11 is 1.73. The molecule has 2 aromatic heterocycles. The van der Waals surface area contributed by atoms with Crippen LogP contribution in [0.15, 0.2) is 52.6 Å². The Morgan fingerprint density at radius 1 is 1.06 bits per heavy atom. The number of anilines is 1. The van der Waals surface area contributed by atoms with Gasteiger partial charge in [-0.3, -0.25) is 9.10 Å². The van der Waals surface area contributed by atoms with Gasteiger partial charge in [-0.15, -0.1) is 0 Å². The van der Waals surface area contributed by atoms with E-state index in [9.17, 15) is 4.79 Å². The molecule has 0 atom stereocenters. The van der Waals surface area contributed by atoms with Gasteiger partial charge in [-0.05, 0) is 74.5 Å². The van der Waals surface area contributed by atoms with Crippen LogP contribution in [0.4, 0.5) is 5.95 Å². The van der Waals surface area contributed by atoms with E-state index in [1.165, 1.54) is 10.5 Å². The van der Waals surface area contributed by atoms with Gasteiger partial charge < -0.3 is 9.30 Å². The standard InChI is InChI=1S/C24H27N5O2S/c1-15(2)27-9-7-18(12-23(27)30)17-5-6-21-19(11-17)20-13-28(32-22(20)8-10-31-21)24-25-14-26-29(24)16(3)4/h5-7,9,11-12,14-16H,8,10,13H2,1-4H3. The van der Waals surface area contributed by atoms with Crippen molar-refractivity contribution in [1.29, 1.82) is 0 Å². The third kappa shape index (κ3) is 3.62. The van der Waals surface area contributed by atoms with Crippen molar-refractivity contribution < 1.29 is 4.74 Å². The van der Waals surface area contributed by atoms with Crippen LogP contribution in [-0.2, 0) is 0 Å². The second kappa shape index (κ2) is 8.16. The zero-order chi connectivity index (χ0) is 22.4. The van der Waals surface area contributed by atoms with Crippen molar-refractivity contribution >= 4 is 23.5 Å². The van der Waals surface area contributed by atoms with Gasteiger partial charge in [0.1, 0.15) is 12.1 Å². The van der Waals surface area contributed by atoms with Gasteiger partial charge in [0.2, 0.25) is 5.95 Å². The highest BCUT2D eigenvalue weighted by Crippen LogP contribution is 2.46. The molecule has 0 aliphatic carbocycles. The van der Waals surface area contributed by atoms with Crippen molar-refractivity contribution in [2.75, 3.05) is 17.5 Å². The van der Waals surface area contributed by atoms with Crippen molar-refractivity contribution in [3.63, 3.8) is 0 Å². The molecular formula is C24H27N5O2S. The van der Waals surface area contributed by atoms with E-state index >= 15 is 0 Å². The van der Waals surface area contributed by atoms with Crippen LogP contribution in [0.3, 0.4) is 0 Å². The van der Waals surface area contributed by atoms with Crippen LogP contribution in [0.1, 0.15) is 51.8 Å². The summed E-state index contributed by atoms with van der Waals surface area (Å²) in [4.78, 5) is 18.4. The maximum atomic E-state index is 12.5. The van der Waals surface area contributed by atoms with Crippen LogP contribution in [-0.4, -0.2) is 32.5 Å². The molecule has 3 aromatic rings. The SMILES string of the molecule is CC(C)n1ncnc1N1CC2=C(CCOc3ccc(-c4ccn(C(C)C)c(=O)c4)cc32)S1. The molecule has 7 nitrogen and oxygen atoms in total. The summed E-state index contributed by atoms with van der Waals surface area (Å²) in [5.41, 5.74) is 4.30. The van der Waals surface area contributed by atoms with E-state index in [1.807, 2.05) is 42.9 Å². The molecule has 166 valence electrons. The Balaban J connectivity index is 1.51. The van der Waals surface area contributed by atoms with E-state index in [2.05, 4.69) is 34.3 Å². The summed E-state index contributed by atoms with van der Waals surface area (Å²) in [6.45, 7) is 9.63. The molecule has 0 unspecified atom stereocenters. The fourth-order valence-electron chi connectivity index (χ4n) is 4.20. The Hall–Kier alpha value is -3.00. The van der Waals surface area contributed by atoms with Crippen molar-refractivity contribution in [3.05, 3.63) is 63.7 Å². The van der Waals surface area contributed by atoms with E-state index in [1.54, 1.807) is 28.9 Å². The molecule has 5 rings (SSSR count). The normalized spacial score (nSPS) is 15.8. The Morgan fingerprint density at radius 2 is 1.88 bits per heavy atom. The highest BCUT2D eigenvalue weighted by molar-refractivity contribution is 8.04. The van der Waals surface area contributed by atoms with Crippen molar-refractivity contribution in [1.82, 2.24) is 19.3 Å². The van der Waals surface area contributed by atoms with Gasteiger partial charge >= 0.3 is 0 Å². The molecule has 8 heteroatoms. The number of rotatable bonds is 4. The Morgan fingerprint density at radius 3 is 2.62 bits per heavy atom. The van der Waals surface area contributed by atoms with Crippen LogP contribution in [0.2, 0.25) is 0 Å². The minimum Gasteiger partial charge on any atom is -0.493 e. The molecule has 2 aliphatic heterocycles. The van der Waals surface area contributed by atoms with E-state index < -0.39 is 0 Å². The predicted molar refractivity (Wildman–Crippen MR) is 129 cm³/mol. The highest BCUT2D eigenvalue weighted by Gasteiger charge is 2.31. The first kappa shape index (κ1) is 20.9. The summed E-state index contributed by atoms with van der Waals surface area (Å²) in [5, 5.41) is 4.40. The summed E-state index contributed by atoms with van der Waals surface area (Å²) in [6, 6.07) is 10.3. The van der Waals surface area contributed by atoms with Crippen LogP contribution >= 0.6 is 11.9 Å². The van der Waals surface area contributed by atoms with Crippen LogP contribution in [0.25, 0.3) is 16.7 Å². The molecule has 0 bridgehead atoms. The van der Waals surface area contributed by atoms with Gasteiger partial charge in [-0.2, -0.15) is 10.1 Å². The van der Waals surface area contributed by atoms with E-state index in [4.69, 9.17) is 4.74 Å². The van der Waals surface area contributed by atoms with Gasteiger partial charge in [0.15, 0.2) is 0 Å². The first-order valence-corrected chi connectivity index (χ1v) is 11.8. The monoisotopic (exact) mass is 449 g/mol. The second-order valence-corrected chi connectivity index (χ2v) is 9.81. The molecule has 0 N–H and O–H groups in total. The molecule has 1 aromatic carbocycles. The van der Waals surface area contributed by atoms with E-state index in [0.29, 0.717) is 6.61 Å². The maximum absolute atomic E-state index is 12.5. The average molecular weight is 450 g/mol. The lowest BCUT2D eigenvalue weighted by Gasteiger charge is -2.20. The van der Waals surface area contributed by atoms with Gasteiger partial charge in [0.25, 0.3) is 5.56 Å². The minimum atomic E-state index is 0.0132. The second-order valence-electron chi connectivity index (χ2n) is 8.69. The molecule has 0 spiro atoms. The lowest BCUT2D eigenvalue weighted by atomic mass is 9.98. The molecular weight excluding hydrogens is 422 g/mol. The Labute approximate surface area is 191 Å². The summed E-state index contributed by atoms with van der Waals surface area (Å²) in [6.07, 6.45) is 4.36. The van der Waals surface area contributed by atoms with E-state index in [0.717, 1.165) is 41.4 Å². The number of ether oxygens (including phenoxy) is 1. The lowest BCUT2D eigenvalue weighted by Crippen LogP contribution is -2.20. The average Bonchev–Trinajstić information content (AvgIpc) is 3.38. The number of nitrogens with zero attached hydrogens (tertiary/aromatic N) is 5. The molecule has 0 amide bonds. The first-order valence-electron chi connectivity index (χ1n) is 11.0. The number of hydrogen-bond donors (Lipinski definition) is 0. The van der Waals surface area contributed by atoms with Gasteiger partial charge in [0, 0.05) is 35.2 Å². The van der Waals surface area contributed by atoms with Crippen molar-refractivity contribution in [3.8, 4) is 16.9 Å². The van der Waals surface area contributed by atoms with E-state index in [-0.39, 0.29) is 17.6 Å². The molecule has 32 heavy (non-hydrogen) atoms. The van der Waals surface area contributed by atoms with Gasteiger partial charge in [0.05, 0.1) is 19.2 Å². The summed E-state index contributed by atoms with van der Waals surface area (Å²) in [5.74, 6) is 1.76. The molecule has 0 saturated heterocycles. The number of fused-ring (bicyclic) bond motifs is 2. The number of aromatic nitrogens is 4. The molecule has 2 aliphatic rings. The van der Waals surface area contributed by atoms with Gasteiger partial charge in [-0.25, -0.2) is 4.68 Å². The fourth-order valence-corrected chi connectivity index (χ4v) is 5.33. The first-order chi connectivity index (χ1) is 15.4. The lowest BCUT2D eigenvalue weighted by molar-refractivity contribution is 0.326. The van der Waals surface area contributed by atoms with Crippen molar-refractivity contribution in [2.45, 2.75) is 46.2 Å². The smallest absolute Gasteiger partial charge is 0.251 e. The topological polar surface area (TPSA) is 65.2 Å². The van der Waals surface area contributed by atoms with Crippen LogP contribution in [0, 0.1) is 0 Å². The number of benzene rings is 1. The van der Waals surface area contributed by atoms with Crippen LogP contribution in [0.5, 0.6) is 5.75 Å². The van der Waals surface area contributed by atoms with Crippen molar-refractivity contribution in [2.24, 2.45) is 0 Å². The maximum Gasteiger partial charge on any atom is 0.251 e. The predicted octanol–water partition coefficient (Wildman–Crippen LogP) is 4.93. The summed E-state index contributed by atoms with van der Waals surface area (Å²) in [7, 11) is 0. The third-order valence-corrected chi connectivity index (χ3v) is 7.04. The molecule has 0 saturated carbocycles. The third-order valence-electron chi connectivity index (χ3n) is 5.85. The minimum absolute atomic E-state index is 0.0132. The Bertz CT molecular complexity index is 1260. The summed E-state index contributed by atoms with van der Waals surface area (Å²) < 4.78 is 12.0. The molecule has 0 radical (unpaired) electrons. The fraction of sp³-hybridized carbons (Fsp3) is 0.375.